The van der Waals surface area contributed by atoms with E-state index in [1.165, 1.54) is 132 Å². The van der Waals surface area contributed by atoms with Crippen molar-refractivity contribution in [3.8, 4) is 33.4 Å². The molecule has 12 rings (SSSR count). The lowest BCUT2D eigenvalue weighted by Crippen LogP contribution is -2.16. The molecule has 0 saturated carbocycles. The Morgan fingerprint density at radius 3 is 1.23 bits per heavy atom. The first-order chi connectivity index (χ1) is 31.3. The van der Waals surface area contributed by atoms with Crippen LogP contribution in [0.25, 0.3) is 110 Å². The number of para-hydroxylation sites is 3. The molecule has 0 aliphatic carbocycles. The third-order valence-corrected chi connectivity index (χ3v) is 14.9. The highest BCUT2D eigenvalue weighted by Gasteiger charge is 2.30. The average Bonchev–Trinajstić information content (AvgIpc) is 4.01. The fourth-order valence-electron chi connectivity index (χ4n) is 11.2. The Hall–Kier alpha value is -6.64. The molecule has 0 aliphatic rings. The summed E-state index contributed by atoms with van der Waals surface area (Å²) in [6.45, 7) is 28.0. The number of hydrogen-bond acceptors (Lipinski definition) is 0. The van der Waals surface area contributed by atoms with Crippen LogP contribution in [-0.4, -0.2) is 8.80 Å². The third-order valence-electron chi connectivity index (χ3n) is 14.9. The van der Waals surface area contributed by atoms with Crippen molar-refractivity contribution in [3.63, 3.8) is 0 Å². The Labute approximate surface area is 389 Å². The van der Waals surface area contributed by atoms with Crippen LogP contribution in [0.15, 0.2) is 146 Å². The summed E-state index contributed by atoms with van der Waals surface area (Å²) >= 11 is 0. The molecule has 0 amide bonds. The molecule has 0 atom stereocenters. The largest absolute Gasteiger partial charge is 0.308 e. The smallest absolute Gasteiger partial charge is 0.0634 e. The lowest BCUT2D eigenvalue weighted by atomic mass is 9.79. The Morgan fingerprint density at radius 2 is 0.682 bits per heavy atom. The van der Waals surface area contributed by atoms with Gasteiger partial charge < -0.3 is 8.80 Å². The van der Waals surface area contributed by atoms with E-state index in [4.69, 9.17) is 0 Å². The second-order valence-corrected chi connectivity index (χ2v) is 23.5. The van der Waals surface area contributed by atoms with Gasteiger partial charge in [-0.2, -0.15) is 0 Å². The van der Waals surface area contributed by atoms with Crippen LogP contribution in [0, 0.1) is 0 Å². The van der Waals surface area contributed by atoms with E-state index in [2.05, 4.69) is 237 Å². The third kappa shape index (κ3) is 5.86. The van der Waals surface area contributed by atoms with E-state index in [9.17, 15) is 0 Å². The summed E-state index contributed by atoms with van der Waals surface area (Å²) in [7, 11) is 0. The summed E-state index contributed by atoms with van der Waals surface area (Å²) in [6.07, 6.45) is 0. The quantitative estimate of drug-likeness (QED) is 0.167. The molecule has 12 aromatic rings. The molecule has 0 saturated heterocycles. The molecule has 4 heterocycles. The zero-order valence-corrected chi connectivity index (χ0v) is 40.8. The number of hydrogen-bond donors (Lipinski definition) is 0. The van der Waals surface area contributed by atoms with E-state index in [1.54, 1.807) is 0 Å². The van der Waals surface area contributed by atoms with Crippen LogP contribution in [0.3, 0.4) is 0 Å². The normalized spacial score (nSPS) is 13.5. The lowest BCUT2D eigenvalue weighted by molar-refractivity contribution is 0.568. The predicted molar refractivity (Wildman–Crippen MR) is 287 cm³/mol. The van der Waals surface area contributed by atoms with E-state index < -0.39 is 0 Å². The second kappa shape index (κ2) is 13.5. The maximum atomic E-state index is 2.63. The summed E-state index contributed by atoms with van der Waals surface area (Å²) in [4.78, 5) is 0. The molecule has 66 heavy (non-hydrogen) atoms. The van der Waals surface area contributed by atoms with Gasteiger partial charge in [-0.05, 0) is 96.0 Å². The molecule has 2 heteroatoms. The highest BCUT2D eigenvalue weighted by molar-refractivity contribution is 6.45. The molecule has 0 unspecified atom stereocenters. The van der Waals surface area contributed by atoms with Crippen molar-refractivity contribution in [2.45, 2.75) is 105 Å². The summed E-state index contributed by atoms with van der Waals surface area (Å²) in [6, 6.07) is 56.4. The minimum absolute atomic E-state index is 0.00843. The van der Waals surface area contributed by atoms with E-state index in [-0.39, 0.29) is 21.7 Å². The molecule has 4 aromatic heterocycles. The van der Waals surface area contributed by atoms with Gasteiger partial charge in [0.1, 0.15) is 0 Å². The number of rotatable bonds is 3. The van der Waals surface area contributed by atoms with Gasteiger partial charge in [0.15, 0.2) is 0 Å². The first kappa shape index (κ1) is 40.8. The predicted octanol–water partition coefficient (Wildman–Crippen LogP) is 18.2. The van der Waals surface area contributed by atoms with Crippen molar-refractivity contribution in [2.24, 2.45) is 0 Å². The first-order valence-electron chi connectivity index (χ1n) is 24.0. The van der Waals surface area contributed by atoms with Crippen molar-refractivity contribution in [1.29, 1.82) is 0 Å². The van der Waals surface area contributed by atoms with Gasteiger partial charge in [0.25, 0.3) is 0 Å². The second-order valence-electron chi connectivity index (χ2n) is 23.5. The van der Waals surface area contributed by atoms with E-state index in [1.807, 2.05) is 0 Å². The fourth-order valence-corrected chi connectivity index (χ4v) is 11.2. The summed E-state index contributed by atoms with van der Waals surface area (Å²) in [5.41, 5.74) is 20.8. The number of fused-ring (bicyclic) bond motifs is 14. The topological polar surface area (TPSA) is 8.82 Å². The highest BCUT2D eigenvalue weighted by Crippen LogP contribution is 2.53. The zero-order chi connectivity index (χ0) is 46.0. The molecular formula is C64H60N2. The number of benzene rings is 8. The highest BCUT2D eigenvalue weighted by atomic mass is 14.9. The van der Waals surface area contributed by atoms with Crippen LogP contribution < -0.4 is 0 Å². The Bertz CT molecular complexity index is 3880. The van der Waals surface area contributed by atoms with Crippen LogP contribution in [0.5, 0.6) is 0 Å². The molecule has 0 radical (unpaired) electrons. The van der Waals surface area contributed by atoms with E-state index in [0.29, 0.717) is 0 Å². The van der Waals surface area contributed by atoms with Crippen molar-refractivity contribution >= 4 is 76.2 Å². The van der Waals surface area contributed by atoms with E-state index >= 15 is 0 Å². The SMILES string of the molecule is CC(C)(C)c1cc(-c2cccc(-c3ccc4c5c6c7ccccc7n7c8c(-c9cc(C(C)(C)C)cc(C(C)(C)C)c9)cccc8c(c8c9ccccc9n(c4c3)c58)c67)c2)cc(C(C)(C)C)c1. The van der Waals surface area contributed by atoms with Crippen LogP contribution in [0.2, 0.25) is 0 Å². The van der Waals surface area contributed by atoms with Crippen LogP contribution in [0.1, 0.15) is 105 Å². The van der Waals surface area contributed by atoms with Crippen molar-refractivity contribution in [1.82, 2.24) is 8.80 Å². The van der Waals surface area contributed by atoms with Gasteiger partial charge in [0, 0.05) is 48.7 Å². The zero-order valence-electron chi connectivity index (χ0n) is 40.8. The van der Waals surface area contributed by atoms with Crippen molar-refractivity contribution in [2.75, 3.05) is 0 Å². The number of nitrogens with zero attached hydrogens (tertiary/aromatic N) is 2. The maximum absolute atomic E-state index is 2.63. The van der Waals surface area contributed by atoms with Crippen LogP contribution in [-0.2, 0) is 21.7 Å². The van der Waals surface area contributed by atoms with Crippen molar-refractivity contribution in [3.05, 3.63) is 168 Å². The van der Waals surface area contributed by atoms with Gasteiger partial charge in [0.2, 0.25) is 0 Å². The molecule has 0 fully saturated rings. The lowest BCUT2D eigenvalue weighted by Gasteiger charge is -2.26. The van der Waals surface area contributed by atoms with Crippen LogP contribution in [0.4, 0.5) is 0 Å². The molecule has 0 bridgehead atoms. The minimum atomic E-state index is 0.00843. The molecule has 2 nitrogen and oxygen atoms in total. The Morgan fingerprint density at radius 1 is 0.273 bits per heavy atom. The molecular weight excluding hydrogens is 797 g/mol. The average molecular weight is 857 g/mol. The Balaban J connectivity index is 1.16. The van der Waals surface area contributed by atoms with Gasteiger partial charge in [-0.25, -0.2) is 0 Å². The van der Waals surface area contributed by atoms with Gasteiger partial charge in [-0.1, -0.05) is 204 Å². The minimum Gasteiger partial charge on any atom is -0.308 e. The van der Waals surface area contributed by atoms with Crippen molar-refractivity contribution < 1.29 is 0 Å². The summed E-state index contributed by atoms with van der Waals surface area (Å²) in [5.74, 6) is 0. The standard InChI is InChI=1S/C64H60N2/c1-61(2,3)42-30-40(31-43(35-42)62(4,5)6)38-20-17-19-37(29-38)39-27-28-49-53(34-39)65-51-25-15-13-21-47(51)55-57-50-24-18-23-46(41-32-44(63(7,8)9)36-45(33-41)64(10,11)12)58(50)66-52-26-16-14-22-48(52)54(60(57)66)56(49)59(55)65/h13-36H,1-12H3. The molecule has 0 spiro atoms. The Kier molecular flexibility index (Phi) is 8.34. The first-order valence-corrected chi connectivity index (χ1v) is 24.0. The number of aromatic nitrogens is 2. The van der Waals surface area contributed by atoms with Gasteiger partial charge in [-0.3, -0.25) is 0 Å². The van der Waals surface area contributed by atoms with Crippen LogP contribution >= 0.6 is 0 Å². The van der Waals surface area contributed by atoms with Gasteiger partial charge in [-0.15, -0.1) is 0 Å². The maximum Gasteiger partial charge on any atom is 0.0634 e. The molecule has 0 N–H and O–H groups in total. The van der Waals surface area contributed by atoms with E-state index in [0.717, 1.165) is 0 Å². The summed E-state index contributed by atoms with van der Waals surface area (Å²) in [5, 5.41) is 10.6. The monoisotopic (exact) mass is 856 g/mol. The molecule has 326 valence electrons. The molecule has 8 aromatic carbocycles. The van der Waals surface area contributed by atoms with Gasteiger partial charge in [0.05, 0.1) is 33.1 Å². The fraction of sp³-hybridized carbons (Fsp3) is 0.250. The summed E-state index contributed by atoms with van der Waals surface area (Å²) < 4.78 is 5.22. The van der Waals surface area contributed by atoms with Gasteiger partial charge >= 0.3 is 0 Å². The molecule has 0 aliphatic heterocycles.